The number of thiophene rings is 1. The smallest absolute Gasteiger partial charge is 0.272 e. The number of benzene rings is 2. The summed E-state index contributed by atoms with van der Waals surface area (Å²) in [5.74, 6) is 1.32. The molecule has 0 aliphatic heterocycles. The number of para-hydroxylation sites is 1. The molecule has 6 aromatic rings. The first-order chi connectivity index (χ1) is 19.0. The molecular weight excluding hydrogens is 510 g/mol. The third-order valence-electron chi connectivity index (χ3n) is 6.83. The molecule has 3 N–H and O–H groups in total. The van der Waals surface area contributed by atoms with Gasteiger partial charge in [-0.2, -0.15) is 0 Å². The molecule has 0 bridgehead atoms. The van der Waals surface area contributed by atoms with Crippen LogP contribution in [0.5, 0.6) is 11.6 Å². The van der Waals surface area contributed by atoms with E-state index in [0.29, 0.717) is 28.8 Å². The Kier molecular flexibility index (Phi) is 6.12. The number of aromatic nitrogens is 3. The Bertz CT molecular complexity index is 1860. The van der Waals surface area contributed by atoms with Crippen LogP contribution in [0.15, 0.2) is 78.4 Å². The van der Waals surface area contributed by atoms with Crippen molar-refractivity contribution >= 4 is 49.7 Å². The molecule has 1 amide bonds. The maximum absolute atomic E-state index is 13.2. The van der Waals surface area contributed by atoms with E-state index in [-0.39, 0.29) is 5.91 Å². The Hall–Kier alpha value is -4.89. The molecule has 194 valence electrons. The van der Waals surface area contributed by atoms with E-state index in [1.807, 2.05) is 72.3 Å². The number of ether oxygens (including phenoxy) is 2. The number of nitrogens with two attached hydrogens (primary N) is 1. The SMILES string of the molecule is COc1ccc(-c2cnc(N)c3c(-c4ccc(NC(=O)c5cc6ccccc6n5C)c(OC)c4)csc23)cn1. The molecule has 6 rings (SSSR count). The van der Waals surface area contributed by atoms with E-state index in [1.54, 1.807) is 38.0 Å². The molecule has 4 heterocycles. The van der Waals surface area contributed by atoms with Gasteiger partial charge in [-0.3, -0.25) is 4.79 Å². The number of aryl methyl sites for hydroxylation is 1. The van der Waals surface area contributed by atoms with E-state index >= 15 is 0 Å². The van der Waals surface area contributed by atoms with Crippen molar-refractivity contribution in [2.24, 2.45) is 7.05 Å². The van der Waals surface area contributed by atoms with Gasteiger partial charge >= 0.3 is 0 Å². The standard InChI is InChI=1S/C30H25N5O3S/c1-35-23-7-5-4-6-18(23)12-24(35)30(36)34-22-10-8-17(13-25(22)37-2)21-16-39-28-20(15-33-29(31)27(21)28)19-9-11-26(38-3)32-14-19/h4-16H,1-3H3,(H2,31,33)(H,34,36). The molecule has 9 heteroatoms. The van der Waals surface area contributed by atoms with Gasteiger partial charge in [0.05, 0.1) is 19.9 Å². The van der Waals surface area contributed by atoms with Crippen molar-refractivity contribution in [2.75, 3.05) is 25.3 Å². The zero-order valence-electron chi connectivity index (χ0n) is 21.6. The number of nitrogens with zero attached hydrogens (tertiary/aromatic N) is 3. The van der Waals surface area contributed by atoms with Crippen LogP contribution in [0.4, 0.5) is 11.5 Å². The summed E-state index contributed by atoms with van der Waals surface area (Å²) >= 11 is 1.59. The second kappa shape index (κ2) is 9.77. The zero-order valence-corrected chi connectivity index (χ0v) is 22.4. The zero-order chi connectivity index (χ0) is 27.1. The number of hydrogen-bond acceptors (Lipinski definition) is 7. The summed E-state index contributed by atoms with van der Waals surface area (Å²) in [5, 5.41) is 6.94. The maximum Gasteiger partial charge on any atom is 0.272 e. The van der Waals surface area contributed by atoms with Crippen molar-refractivity contribution in [3.05, 3.63) is 84.1 Å². The molecule has 2 aromatic carbocycles. The fourth-order valence-electron chi connectivity index (χ4n) is 4.80. The summed E-state index contributed by atoms with van der Waals surface area (Å²) < 4.78 is 13.8. The number of nitrogen functional groups attached to an aromatic ring is 1. The summed E-state index contributed by atoms with van der Waals surface area (Å²) in [7, 11) is 5.06. The van der Waals surface area contributed by atoms with Crippen LogP contribution in [0.1, 0.15) is 10.5 Å². The van der Waals surface area contributed by atoms with Crippen LogP contribution in [0.2, 0.25) is 0 Å². The molecule has 39 heavy (non-hydrogen) atoms. The number of amides is 1. The Morgan fingerprint density at radius 3 is 2.51 bits per heavy atom. The summed E-state index contributed by atoms with van der Waals surface area (Å²) in [4.78, 5) is 22.0. The summed E-state index contributed by atoms with van der Waals surface area (Å²) in [6, 6.07) is 19.2. The van der Waals surface area contributed by atoms with Gasteiger partial charge in [-0.25, -0.2) is 9.97 Å². The van der Waals surface area contributed by atoms with Crippen LogP contribution in [-0.4, -0.2) is 34.7 Å². The lowest BCUT2D eigenvalue weighted by Gasteiger charge is -2.13. The first kappa shape index (κ1) is 24.4. The highest BCUT2D eigenvalue weighted by Gasteiger charge is 2.19. The minimum absolute atomic E-state index is 0.216. The number of carbonyl (C=O) groups excluding carboxylic acids is 1. The summed E-state index contributed by atoms with van der Waals surface area (Å²) in [5.41, 5.74) is 12.2. The molecule has 0 saturated heterocycles. The fraction of sp³-hybridized carbons (Fsp3) is 0.100. The predicted octanol–water partition coefficient (Wildman–Crippen LogP) is 6.37. The highest BCUT2D eigenvalue weighted by atomic mass is 32.1. The van der Waals surface area contributed by atoms with Crippen molar-refractivity contribution < 1.29 is 14.3 Å². The van der Waals surface area contributed by atoms with Crippen LogP contribution >= 0.6 is 11.3 Å². The number of fused-ring (bicyclic) bond motifs is 2. The molecule has 0 aliphatic rings. The topological polar surface area (TPSA) is 104 Å². The van der Waals surface area contributed by atoms with E-state index in [2.05, 4.69) is 20.7 Å². The minimum atomic E-state index is -0.216. The number of nitrogens with one attached hydrogen (secondary N) is 1. The third-order valence-corrected chi connectivity index (χ3v) is 7.84. The van der Waals surface area contributed by atoms with Gasteiger partial charge in [0.15, 0.2) is 0 Å². The average molecular weight is 536 g/mol. The van der Waals surface area contributed by atoms with Gasteiger partial charge in [0, 0.05) is 63.2 Å². The Balaban J connectivity index is 1.36. The first-order valence-corrected chi connectivity index (χ1v) is 13.1. The van der Waals surface area contributed by atoms with Crippen molar-refractivity contribution in [1.82, 2.24) is 14.5 Å². The number of carbonyl (C=O) groups is 1. The average Bonchev–Trinajstić information content (AvgIpc) is 3.56. The molecular formula is C30H25N5O3S. The largest absolute Gasteiger partial charge is 0.495 e. The lowest BCUT2D eigenvalue weighted by atomic mass is 10.0. The van der Waals surface area contributed by atoms with Crippen LogP contribution in [0.25, 0.3) is 43.2 Å². The van der Waals surface area contributed by atoms with Gasteiger partial charge in [0.2, 0.25) is 5.88 Å². The highest BCUT2D eigenvalue weighted by molar-refractivity contribution is 7.18. The monoisotopic (exact) mass is 535 g/mol. The summed E-state index contributed by atoms with van der Waals surface area (Å²) in [6.07, 6.45) is 3.54. The Labute approximate surface area is 228 Å². The fourth-order valence-corrected chi connectivity index (χ4v) is 5.92. The number of rotatable bonds is 6. The van der Waals surface area contributed by atoms with Crippen molar-refractivity contribution in [3.63, 3.8) is 0 Å². The quantitative estimate of drug-likeness (QED) is 0.257. The number of hydrogen-bond donors (Lipinski definition) is 2. The first-order valence-electron chi connectivity index (χ1n) is 12.2. The van der Waals surface area contributed by atoms with Crippen molar-refractivity contribution in [3.8, 4) is 33.9 Å². The van der Waals surface area contributed by atoms with E-state index in [9.17, 15) is 4.79 Å². The molecule has 4 aromatic heterocycles. The van der Waals surface area contributed by atoms with Crippen LogP contribution in [0, 0.1) is 0 Å². The van der Waals surface area contributed by atoms with Gasteiger partial charge in [-0.15, -0.1) is 11.3 Å². The van der Waals surface area contributed by atoms with Gasteiger partial charge < -0.3 is 25.1 Å². The Morgan fingerprint density at radius 2 is 1.77 bits per heavy atom. The number of pyridine rings is 2. The molecule has 0 radical (unpaired) electrons. The minimum Gasteiger partial charge on any atom is -0.495 e. The molecule has 0 saturated carbocycles. The Morgan fingerprint density at radius 1 is 0.949 bits per heavy atom. The third kappa shape index (κ3) is 4.22. The van der Waals surface area contributed by atoms with Gasteiger partial charge in [-0.1, -0.05) is 24.3 Å². The highest BCUT2D eigenvalue weighted by Crippen LogP contribution is 2.43. The van der Waals surface area contributed by atoms with E-state index in [1.165, 1.54) is 0 Å². The van der Waals surface area contributed by atoms with E-state index < -0.39 is 0 Å². The second-order valence-corrected chi connectivity index (χ2v) is 9.90. The maximum atomic E-state index is 13.2. The van der Waals surface area contributed by atoms with Crippen molar-refractivity contribution in [2.45, 2.75) is 0 Å². The molecule has 0 spiro atoms. The van der Waals surface area contributed by atoms with Gasteiger partial charge in [0.25, 0.3) is 5.91 Å². The molecule has 0 atom stereocenters. The van der Waals surface area contributed by atoms with Crippen LogP contribution < -0.4 is 20.5 Å². The second-order valence-electron chi connectivity index (χ2n) is 9.02. The molecule has 8 nitrogen and oxygen atoms in total. The molecule has 0 aliphatic carbocycles. The van der Waals surface area contributed by atoms with E-state index in [4.69, 9.17) is 15.2 Å². The molecule has 0 fully saturated rings. The summed E-state index contributed by atoms with van der Waals surface area (Å²) in [6.45, 7) is 0. The van der Waals surface area contributed by atoms with Crippen molar-refractivity contribution in [1.29, 1.82) is 0 Å². The van der Waals surface area contributed by atoms with Crippen LogP contribution in [-0.2, 0) is 7.05 Å². The number of methoxy groups -OCH3 is 2. The lowest BCUT2D eigenvalue weighted by molar-refractivity contribution is 0.101. The number of anilines is 2. The van der Waals surface area contributed by atoms with Gasteiger partial charge in [-0.05, 0) is 41.3 Å². The molecule has 0 unspecified atom stereocenters. The van der Waals surface area contributed by atoms with E-state index in [0.717, 1.165) is 43.2 Å². The predicted molar refractivity (Wildman–Crippen MR) is 157 cm³/mol. The normalized spacial score (nSPS) is 11.2. The van der Waals surface area contributed by atoms with Gasteiger partial charge in [0.1, 0.15) is 17.3 Å². The van der Waals surface area contributed by atoms with Crippen LogP contribution in [0.3, 0.4) is 0 Å². The lowest BCUT2D eigenvalue weighted by Crippen LogP contribution is -2.16.